The van der Waals surface area contributed by atoms with Gasteiger partial charge in [0.2, 0.25) is 0 Å². The normalized spacial score (nSPS) is 11.9. The second-order valence-corrected chi connectivity index (χ2v) is 4.11. The molecule has 1 heterocycles. The molecule has 1 atom stereocenters. The van der Waals surface area contributed by atoms with Crippen molar-refractivity contribution in [3.8, 4) is 17.1 Å². The summed E-state index contributed by atoms with van der Waals surface area (Å²) in [6.45, 7) is 5.72. The predicted molar refractivity (Wildman–Crippen MR) is 73.8 cm³/mol. The quantitative estimate of drug-likeness (QED) is 0.836. The minimum absolute atomic E-state index is 0.424. The zero-order valence-corrected chi connectivity index (χ0v) is 10.8. The third kappa shape index (κ3) is 3.17. The molecule has 19 heavy (non-hydrogen) atoms. The van der Waals surface area contributed by atoms with Crippen molar-refractivity contribution in [1.82, 2.24) is 9.97 Å². The van der Waals surface area contributed by atoms with Gasteiger partial charge < -0.3 is 9.84 Å². The summed E-state index contributed by atoms with van der Waals surface area (Å²) in [6, 6.07) is 7.53. The maximum atomic E-state index is 9.75. The maximum Gasteiger partial charge on any atom is 0.159 e. The fourth-order valence-corrected chi connectivity index (χ4v) is 1.75. The average Bonchev–Trinajstić information content (AvgIpc) is 2.45. The number of rotatable bonds is 5. The van der Waals surface area contributed by atoms with Crippen LogP contribution in [0.1, 0.15) is 18.6 Å². The van der Waals surface area contributed by atoms with E-state index in [2.05, 4.69) is 16.5 Å². The first-order valence-corrected chi connectivity index (χ1v) is 6.05. The van der Waals surface area contributed by atoms with Crippen molar-refractivity contribution < 1.29 is 9.84 Å². The summed E-state index contributed by atoms with van der Waals surface area (Å²) in [4.78, 5) is 8.53. The molecule has 2 aromatic rings. The van der Waals surface area contributed by atoms with Gasteiger partial charge in [-0.05, 0) is 12.5 Å². The monoisotopic (exact) mass is 256 g/mol. The van der Waals surface area contributed by atoms with Gasteiger partial charge in [-0.2, -0.15) is 0 Å². The second-order valence-electron chi connectivity index (χ2n) is 4.11. The van der Waals surface area contributed by atoms with Crippen molar-refractivity contribution in [1.29, 1.82) is 0 Å². The van der Waals surface area contributed by atoms with Crippen LogP contribution in [0.5, 0.6) is 5.75 Å². The summed E-state index contributed by atoms with van der Waals surface area (Å²) in [5.74, 6) is 1.17. The third-order valence-corrected chi connectivity index (χ3v) is 2.65. The molecule has 4 heteroatoms. The fourth-order valence-electron chi connectivity index (χ4n) is 1.75. The molecular formula is C15H16N2O2. The summed E-state index contributed by atoms with van der Waals surface area (Å²) in [6.07, 6.45) is 4.34. The van der Waals surface area contributed by atoms with Crippen LogP contribution in [0.2, 0.25) is 0 Å². The van der Waals surface area contributed by atoms with E-state index in [1.165, 1.54) is 0 Å². The first-order valence-electron chi connectivity index (χ1n) is 6.05. The van der Waals surface area contributed by atoms with Crippen LogP contribution in [0.15, 0.2) is 49.3 Å². The maximum absolute atomic E-state index is 9.75. The zero-order valence-electron chi connectivity index (χ0n) is 10.8. The van der Waals surface area contributed by atoms with Crippen molar-refractivity contribution in [2.75, 3.05) is 6.61 Å². The molecular weight excluding hydrogens is 240 g/mol. The van der Waals surface area contributed by atoms with E-state index in [0.717, 1.165) is 11.1 Å². The van der Waals surface area contributed by atoms with Crippen molar-refractivity contribution in [3.63, 3.8) is 0 Å². The molecule has 98 valence electrons. The second kappa shape index (κ2) is 6.11. The summed E-state index contributed by atoms with van der Waals surface area (Å²) in [5.41, 5.74) is 1.63. The Bertz CT molecular complexity index is 550. The van der Waals surface area contributed by atoms with Gasteiger partial charge in [0.1, 0.15) is 6.61 Å². The lowest BCUT2D eigenvalue weighted by Crippen LogP contribution is -1.99. The van der Waals surface area contributed by atoms with Gasteiger partial charge in [0.05, 0.1) is 18.5 Å². The molecule has 0 radical (unpaired) electrons. The Hall–Kier alpha value is -2.20. The summed E-state index contributed by atoms with van der Waals surface area (Å²) < 4.78 is 5.33. The molecule has 2 rings (SSSR count). The zero-order chi connectivity index (χ0) is 13.7. The molecule has 0 aliphatic rings. The van der Waals surface area contributed by atoms with Crippen LogP contribution < -0.4 is 4.74 Å². The van der Waals surface area contributed by atoms with Crippen LogP contribution in [0.4, 0.5) is 0 Å². The Balaban J connectivity index is 2.29. The molecule has 1 N–H and O–H groups in total. The number of hydrogen-bond donors (Lipinski definition) is 1. The number of aromatic nitrogens is 2. The van der Waals surface area contributed by atoms with Crippen LogP contribution in [0, 0.1) is 0 Å². The van der Waals surface area contributed by atoms with Gasteiger partial charge in [0.15, 0.2) is 11.6 Å². The summed E-state index contributed by atoms with van der Waals surface area (Å²) in [5, 5.41) is 9.75. The third-order valence-electron chi connectivity index (χ3n) is 2.65. The minimum atomic E-state index is -0.559. The Morgan fingerprint density at radius 1 is 1.32 bits per heavy atom. The van der Waals surface area contributed by atoms with E-state index in [1.807, 2.05) is 24.3 Å². The van der Waals surface area contributed by atoms with Crippen LogP contribution in [0.25, 0.3) is 11.4 Å². The molecule has 0 fully saturated rings. The van der Waals surface area contributed by atoms with Gasteiger partial charge in [0, 0.05) is 5.56 Å². The lowest BCUT2D eigenvalue weighted by atomic mass is 10.0. The molecule has 0 aliphatic heterocycles. The van der Waals surface area contributed by atoms with Crippen LogP contribution in [-0.2, 0) is 0 Å². The van der Waals surface area contributed by atoms with Gasteiger partial charge in [-0.1, -0.05) is 36.9 Å². The van der Waals surface area contributed by atoms with E-state index in [0.29, 0.717) is 18.2 Å². The molecule has 0 saturated carbocycles. The van der Waals surface area contributed by atoms with Gasteiger partial charge in [-0.15, -0.1) is 0 Å². The van der Waals surface area contributed by atoms with Gasteiger partial charge in [-0.25, -0.2) is 9.97 Å². The molecule has 1 unspecified atom stereocenters. The lowest BCUT2D eigenvalue weighted by Gasteiger charge is -2.10. The average molecular weight is 256 g/mol. The van der Waals surface area contributed by atoms with Crippen molar-refractivity contribution in [2.24, 2.45) is 0 Å². The highest BCUT2D eigenvalue weighted by Gasteiger charge is 2.11. The molecule has 0 saturated heterocycles. The Morgan fingerprint density at radius 3 is 2.63 bits per heavy atom. The highest BCUT2D eigenvalue weighted by atomic mass is 16.5. The molecule has 4 nitrogen and oxygen atoms in total. The van der Waals surface area contributed by atoms with Gasteiger partial charge in [0.25, 0.3) is 0 Å². The topological polar surface area (TPSA) is 55.2 Å². The predicted octanol–water partition coefficient (Wildman–Crippen LogP) is 2.76. The van der Waals surface area contributed by atoms with E-state index in [1.54, 1.807) is 25.4 Å². The number of aliphatic hydroxyl groups excluding tert-OH is 1. The number of nitrogens with zero attached hydrogens (tertiary/aromatic N) is 2. The van der Waals surface area contributed by atoms with Crippen molar-refractivity contribution >= 4 is 0 Å². The molecule has 1 aromatic heterocycles. The Kier molecular flexibility index (Phi) is 4.26. The largest absolute Gasteiger partial charge is 0.486 e. The van der Waals surface area contributed by atoms with Crippen LogP contribution in [-0.4, -0.2) is 21.7 Å². The Morgan fingerprint density at radius 2 is 2.00 bits per heavy atom. The summed E-state index contributed by atoms with van der Waals surface area (Å²) in [7, 11) is 0. The highest BCUT2D eigenvalue weighted by molar-refractivity contribution is 5.60. The molecule has 1 aromatic carbocycles. The van der Waals surface area contributed by atoms with E-state index >= 15 is 0 Å². The number of hydrogen-bond acceptors (Lipinski definition) is 4. The molecule has 0 aliphatic carbocycles. The van der Waals surface area contributed by atoms with Crippen LogP contribution in [0.3, 0.4) is 0 Å². The first kappa shape index (κ1) is 13.2. The fraction of sp³-hybridized carbons (Fsp3) is 0.200. The standard InChI is InChI=1S/C15H16N2O2/c1-3-8-19-12-9-16-15(17-10-12)14-7-5-4-6-13(14)11(2)18/h3-7,9-11,18H,1,8H2,2H3. The van der Waals surface area contributed by atoms with Crippen LogP contribution >= 0.6 is 0 Å². The number of ether oxygens (including phenoxy) is 1. The van der Waals surface area contributed by atoms with Crippen molar-refractivity contribution in [3.05, 3.63) is 54.9 Å². The van der Waals surface area contributed by atoms with Crippen molar-refractivity contribution in [2.45, 2.75) is 13.0 Å². The van der Waals surface area contributed by atoms with Gasteiger partial charge in [-0.3, -0.25) is 0 Å². The molecule has 0 spiro atoms. The SMILES string of the molecule is C=CCOc1cnc(-c2ccccc2C(C)O)nc1. The number of aliphatic hydroxyl groups is 1. The Labute approximate surface area is 112 Å². The van der Waals surface area contributed by atoms with E-state index in [9.17, 15) is 5.11 Å². The lowest BCUT2D eigenvalue weighted by molar-refractivity contribution is 0.200. The van der Waals surface area contributed by atoms with Gasteiger partial charge >= 0.3 is 0 Å². The minimum Gasteiger partial charge on any atom is -0.486 e. The smallest absolute Gasteiger partial charge is 0.159 e. The summed E-state index contributed by atoms with van der Waals surface area (Å²) >= 11 is 0. The van der Waals surface area contributed by atoms with E-state index < -0.39 is 6.10 Å². The van der Waals surface area contributed by atoms with E-state index in [-0.39, 0.29) is 0 Å². The molecule has 0 amide bonds. The molecule has 0 bridgehead atoms. The first-order chi connectivity index (χ1) is 9.22. The highest BCUT2D eigenvalue weighted by Crippen LogP contribution is 2.25. The van der Waals surface area contributed by atoms with E-state index in [4.69, 9.17) is 4.74 Å². The number of benzene rings is 1.